The molecule has 2 amide bonds. The number of ether oxygens (including phenoxy) is 2. The predicted molar refractivity (Wildman–Crippen MR) is 183 cm³/mol. The maximum absolute atomic E-state index is 13.6. The minimum atomic E-state index is -4.50. The molecule has 2 aromatic heterocycles. The zero-order valence-electron chi connectivity index (χ0n) is 28.1. The van der Waals surface area contributed by atoms with E-state index in [9.17, 15) is 22.8 Å². The van der Waals surface area contributed by atoms with Crippen LogP contribution < -0.4 is 14.8 Å². The first-order chi connectivity index (χ1) is 23.8. The molecule has 6 rings (SSSR count). The van der Waals surface area contributed by atoms with Crippen LogP contribution in [0.15, 0.2) is 79.1 Å². The summed E-state index contributed by atoms with van der Waals surface area (Å²) in [6, 6.07) is 18.4. The van der Waals surface area contributed by atoms with Gasteiger partial charge in [-0.25, -0.2) is 9.97 Å². The van der Waals surface area contributed by atoms with Gasteiger partial charge in [0.1, 0.15) is 17.2 Å². The summed E-state index contributed by atoms with van der Waals surface area (Å²) in [5, 5.41) is 3.47. The van der Waals surface area contributed by atoms with E-state index in [1.54, 1.807) is 12.1 Å². The lowest BCUT2D eigenvalue weighted by Crippen LogP contribution is -2.48. The number of rotatable bonds is 9. The minimum Gasteiger partial charge on any atom is -0.491 e. The number of amides is 2. The summed E-state index contributed by atoms with van der Waals surface area (Å²) >= 11 is 0. The third-order valence-corrected chi connectivity index (χ3v) is 8.49. The van der Waals surface area contributed by atoms with Crippen molar-refractivity contribution in [2.24, 2.45) is 7.05 Å². The Morgan fingerprint density at radius 3 is 2.22 bits per heavy atom. The van der Waals surface area contributed by atoms with Gasteiger partial charge in [-0.2, -0.15) is 13.2 Å². The normalized spacial score (nSPS) is 13.9. The average molecular weight is 687 g/mol. The van der Waals surface area contributed by atoms with Gasteiger partial charge in [0.05, 0.1) is 35.3 Å². The average Bonchev–Trinajstić information content (AvgIpc) is 3.41. The molecule has 1 fully saturated rings. The highest BCUT2D eigenvalue weighted by Gasteiger charge is 2.31. The lowest BCUT2D eigenvalue weighted by molar-refractivity contribution is -0.137. The zero-order chi connectivity index (χ0) is 35.6. The molecule has 0 bridgehead atoms. The highest BCUT2D eigenvalue weighted by atomic mass is 19.4. The van der Waals surface area contributed by atoms with Gasteiger partial charge in [-0.1, -0.05) is 12.1 Å². The molecule has 3 aromatic carbocycles. The van der Waals surface area contributed by atoms with Gasteiger partial charge in [0.25, 0.3) is 11.8 Å². The Balaban J connectivity index is 1.05. The van der Waals surface area contributed by atoms with Crippen molar-refractivity contribution in [3.63, 3.8) is 0 Å². The van der Waals surface area contributed by atoms with Crippen molar-refractivity contribution in [1.29, 1.82) is 0 Å². The van der Waals surface area contributed by atoms with Crippen LogP contribution in [0.2, 0.25) is 0 Å². The number of benzene rings is 3. The lowest BCUT2D eigenvalue weighted by atomic mass is 10.0. The van der Waals surface area contributed by atoms with Gasteiger partial charge < -0.3 is 24.3 Å². The summed E-state index contributed by atoms with van der Waals surface area (Å²) in [6.45, 7) is 9.05. The topological polar surface area (TPSA) is 102 Å². The van der Waals surface area contributed by atoms with E-state index in [0.29, 0.717) is 24.5 Å². The summed E-state index contributed by atoms with van der Waals surface area (Å²) < 4.78 is 52.4. The predicted octanol–water partition coefficient (Wildman–Crippen LogP) is 7.09. The van der Waals surface area contributed by atoms with E-state index in [1.165, 1.54) is 24.9 Å². The standard InChI is InChI=1S/C37H37F3N6O4/c1-23(2)49-29-9-5-25(6-10-29)22-45-13-15-46(16-14-45)35(48)33-18-26-7-11-30(19-32(26)44(33)4)50-36-41-20-28(21-42-36)43-34(47)31-12-8-27(17-24(31)3)37(38,39)40/h5-12,17-21,23H,13-16,22H2,1-4H3,(H,43,47). The molecular weight excluding hydrogens is 649 g/mol. The highest BCUT2D eigenvalue weighted by molar-refractivity contribution is 6.05. The second-order valence-corrected chi connectivity index (χ2v) is 12.5. The molecule has 1 N–H and O–H groups in total. The van der Waals surface area contributed by atoms with Crippen LogP contribution in [0.5, 0.6) is 17.5 Å². The van der Waals surface area contributed by atoms with Crippen molar-refractivity contribution in [2.45, 2.75) is 39.6 Å². The van der Waals surface area contributed by atoms with Gasteiger partial charge in [0.2, 0.25) is 0 Å². The Morgan fingerprint density at radius 2 is 1.58 bits per heavy atom. The van der Waals surface area contributed by atoms with Crippen LogP contribution in [0.3, 0.4) is 0 Å². The first kappa shape index (κ1) is 34.4. The number of aryl methyl sites for hydroxylation is 2. The van der Waals surface area contributed by atoms with Crippen LogP contribution in [0.1, 0.15) is 51.4 Å². The van der Waals surface area contributed by atoms with E-state index >= 15 is 0 Å². The van der Waals surface area contributed by atoms with Gasteiger partial charge in [-0.05, 0) is 80.4 Å². The van der Waals surface area contributed by atoms with Crippen molar-refractivity contribution in [3.8, 4) is 17.5 Å². The number of carbonyl (C=O) groups excluding carboxylic acids is 2. The maximum Gasteiger partial charge on any atom is 0.416 e. The summed E-state index contributed by atoms with van der Waals surface area (Å²) in [4.78, 5) is 38.8. The van der Waals surface area contributed by atoms with Gasteiger partial charge in [-0.3, -0.25) is 14.5 Å². The van der Waals surface area contributed by atoms with Crippen LogP contribution in [0, 0.1) is 6.92 Å². The molecule has 260 valence electrons. The number of anilines is 1. The van der Waals surface area contributed by atoms with E-state index < -0.39 is 17.6 Å². The van der Waals surface area contributed by atoms with Crippen molar-refractivity contribution < 1.29 is 32.2 Å². The van der Waals surface area contributed by atoms with Crippen LogP contribution >= 0.6 is 0 Å². The van der Waals surface area contributed by atoms with Gasteiger partial charge in [0, 0.05) is 56.8 Å². The largest absolute Gasteiger partial charge is 0.491 e. The molecule has 13 heteroatoms. The number of alkyl halides is 3. The number of nitrogens with one attached hydrogen (secondary N) is 1. The Labute approximate surface area is 287 Å². The molecule has 1 aliphatic heterocycles. The molecule has 0 saturated carbocycles. The van der Waals surface area contributed by atoms with Crippen molar-refractivity contribution in [1.82, 2.24) is 24.3 Å². The number of hydrogen-bond acceptors (Lipinski definition) is 7. The van der Waals surface area contributed by atoms with Gasteiger partial charge >= 0.3 is 12.2 Å². The number of halogens is 3. The Kier molecular flexibility index (Phi) is 9.78. The molecule has 0 radical (unpaired) electrons. The molecule has 5 aromatic rings. The highest BCUT2D eigenvalue weighted by Crippen LogP contribution is 2.31. The number of hydrogen-bond donors (Lipinski definition) is 1. The summed E-state index contributed by atoms with van der Waals surface area (Å²) in [5.74, 6) is 0.686. The Bertz CT molecular complexity index is 2000. The molecule has 10 nitrogen and oxygen atoms in total. The van der Waals surface area contributed by atoms with E-state index in [4.69, 9.17) is 9.47 Å². The van der Waals surface area contributed by atoms with Crippen molar-refractivity contribution >= 4 is 28.4 Å². The minimum absolute atomic E-state index is 0.0243. The summed E-state index contributed by atoms with van der Waals surface area (Å²) in [5.41, 5.74) is 2.28. The third kappa shape index (κ3) is 7.89. The molecule has 0 aliphatic carbocycles. The second kappa shape index (κ2) is 14.2. The van der Waals surface area contributed by atoms with Crippen LogP contribution in [0.4, 0.5) is 18.9 Å². The van der Waals surface area contributed by atoms with E-state index in [0.717, 1.165) is 54.5 Å². The fourth-order valence-electron chi connectivity index (χ4n) is 5.89. The number of nitrogens with zero attached hydrogens (tertiary/aromatic N) is 5. The van der Waals surface area contributed by atoms with Gasteiger partial charge in [0.15, 0.2) is 0 Å². The fourth-order valence-corrected chi connectivity index (χ4v) is 5.89. The first-order valence-electron chi connectivity index (χ1n) is 16.2. The van der Waals surface area contributed by atoms with Crippen molar-refractivity contribution in [3.05, 3.63) is 107 Å². The molecule has 50 heavy (non-hydrogen) atoms. The molecule has 1 aliphatic rings. The van der Waals surface area contributed by atoms with E-state index in [-0.39, 0.29) is 34.8 Å². The lowest BCUT2D eigenvalue weighted by Gasteiger charge is -2.34. The summed E-state index contributed by atoms with van der Waals surface area (Å²) in [6.07, 6.45) is -1.68. The smallest absolute Gasteiger partial charge is 0.416 e. The first-order valence-corrected chi connectivity index (χ1v) is 16.2. The fraction of sp³-hybridized carbons (Fsp3) is 0.297. The van der Waals surface area contributed by atoms with Crippen molar-refractivity contribution in [2.75, 3.05) is 31.5 Å². The summed E-state index contributed by atoms with van der Waals surface area (Å²) in [7, 11) is 1.84. The van der Waals surface area contributed by atoms with Gasteiger partial charge in [-0.15, -0.1) is 0 Å². The molecular formula is C37H37F3N6O4. The zero-order valence-corrected chi connectivity index (χ0v) is 28.1. The van der Waals surface area contributed by atoms with Crippen LogP contribution in [-0.4, -0.2) is 68.4 Å². The van der Waals surface area contributed by atoms with E-state index in [2.05, 4.69) is 32.3 Å². The number of piperazine rings is 1. The van der Waals surface area contributed by atoms with E-state index in [1.807, 2.05) is 54.6 Å². The number of carbonyl (C=O) groups is 2. The molecule has 1 saturated heterocycles. The molecule has 3 heterocycles. The second-order valence-electron chi connectivity index (χ2n) is 12.5. The Hall–Kier alpha value is -5.43. The SMILES string of the molecule is Cc1cc(C(F)(F)F)ccc1C(=O)Nc1cnc(Oc2ccc3cc(C(=O)N4CCN(Cc5ccc(OC(C)C)cc5)CC4)n(C)c3c2)nc1. The maximum atomic E-state index is 13.6. The van der Waals surface area contributed by atoms with Crippen LogP contribution in [-0.2, 0) is 19.8 Å². The Morgan fingerprint density at radius 1 is 0.900 bits per heavy atom. The van der Waals surface area contributed by atoms with Crippen LogP contribution in [0.25, 0.3) is 10.9 Å². The molecule has 0 unspecified atom stereocenters. The third-order valence-electron chi connectivity index (χ3n) is 8.49. The molecule has 0 spiro atoms. The number of fused-ring (bicyclic) bond motifs is 1. The molecule has 0 atom stereocenters. The monoisotopic (exact) mass is 686 g/mol. The quantitative estimate of drug-likeness (QED) is 0.177. The number of aromatic nitrogens is 3.